The third-order valence-corrected chi connectivity index (χ3v) is 14.9. The summed E-state index contributed by atoms with van der Waals surface area (Å²) in [7, 11) is 0. The van der Waals surface area contributed by atoms with Gasteiger partial charge in [-0.15, -0.1) is 0 Å². The molecule has 14 rings (SSSR count). The van der Waals surface area contributed by atoms with Gasteiger partial charge in [-0.05, 0) is 148 Å². The number of anilines is 1. The van der Waals surface area contributed by atoms with E-state index in [2.05, 4.69) is 187 Å². The SMILES string of the molecule is C1=CC2Oc3cc4c(cc3OC2C(C2=CC=C(N(C3=CCCCC3)c3ccccc3-c3ccc5c(c3)oc3ccccc35)CC2)=C1)C1(c2ccccc2-c2ccccc21)c1ccccc1-4. The molecular weight excluding hydrogens is 795 g/mol. The number of benzene rings is 7. The van der Waals surface area contributed by atoms with Gasteiger partial charge in [-0.1, -0.05) is 140 Å². The maximum atomic E-state index is 7.22. The molecule has 2 unspecified atom stereocenters. The average molecular weight is 840 g/mol. The molecule has 0 fully saturated rings. The van der Waals surface area contributed by atoms with Crippen molar-refractivity contribution in [3.05, 3.63) is 233 Å². The van der Waals surface area contributed by atoms with Crippen molar-refractivity contribution in [1.29, 1.82) is 0 Å². The average Bonchev–Trinajstić information content (AvgIpc) is 3.99. The van der Waals surface area contributed by atoms with Crippen LogP contribution in [0.4, 0.5) is 5.69 Å². The van der Waals surface area contributed by atoms with Crippen molar-refractivity contribution in [2.75, 3.05) is 4.90 Å². The fourth-order valence-corrected chi connectivity index (χ4v) is 12.1. The number of allylic oxidation sites excluding steroid dienone is 7. The molecule has 0 radical (unpaired) electrons. The zero-order chi connectivity index (χ0) is 42.6. The lowest BCUT2D eigenvalue weighted by Gasteiger charge is -2.38. The lowest BCUT2D eigenvalue weighted by Crippen LogP contribution is -2.41. The van der Waals surface area contributed by atoms with Gasteiger partial charge in [0, 0.05) is 27.7 Å². The largest absolute Gasteiger partial charge is 0.478 e. The Labute approximate surface area is 378 Å². The normalized spacial score (nSPS) is 19.4. The molecule has 0 saturated carbocycles. The molecule has 2 heterocycles. The van der Waals surface area contributed by atoms with E-state index >= 15 is 0 Å². The van der Waals surface area contributed by atoms with E-state index in [9.17, 15) is 0 Å². The van der Waals surface area contributed by atoms with E-state index in [1.54, 1.807) is 0 Å². The molecule has 8 aromatic rings. The number of para-hydroxylation sites is 2. The molecule has 2 atom stereocenters. The number of rotatable bonds is 5. The van der Waals surface area contributed by atoms with E-state index in [0.29, 0.717) is 0 Å². The summed E-state index contributed by atoms with van der Waals surface area (Å²) < 4.78 is 20.6. The van der Waals surface area contributed by atoms with E-state index in [1.807, 2.05) is 6.07 Å². The van der Waals surface area contributed by atoms with E-state index in [4.69, 9.17) is 13.9 Å². The van der Waals surface area contributed by atoms with Crippen LogP contribution in [0.3, 0.4) is 0 Å². The van der Waals surface area contributed by atoms with Crippen LogP contribution in [-0.2, 0) is 5.41 Å². The second-order valence-corrected chi connectivity index (χ2v) is 18.3. The van der Waals surface area contributed by atoms with Crippen molar-refractivity contribution in [3.63, 3.8) is 0 Å². The molecule has 4 nitrogen and oxygen atoms in total. The summed E-state index contributed by atoms with van der Waals surface area (Å²) in [6.45, 7) is 0. The van der Waals surface area contributed by atoms with Gasteiger partial charge in [0.25, 0.3) is 0 Å². The molecule has 7 aromatic carbocycles. The van der Waals surface area contributed by atoms with Crippen LogP contribution in [0, 0.1) is 0 Å². The molecule has 0 bridgehead atoms. The Morgan fingerprint density at radius 1 is 0.508 bits per heavy atom. The third-order valence-electron chi connectivity index (χ3n) is 14.9. The Hall–Kier alpha value is -7.56. The van der Waals surface area contributed by atoms with Gasteiger partial charge in [-0.3, -0.25) is 0 Å². The monoisotopic (exact) mass is 839 g/mol. The Morgan fingerprint density at radius 3 is 1.95 bits per heavy atom. The first-order chi connectivity index (χ1) is 32.2. The number of nitrogens with zero attached hydrogens (tertiary/aromatic N) is 1. The van der Waals surface area contributed by atoms with Crippen molar-refractivity contribution in [2.45, 2.75) is 56.1 Å². The van der Waals surface area contributed by atoms with Crippen LogP contribution in [0.2, 0.25) is 0 Å². The quantitative estimate of drug-likeness (QED) is 0.173. The van der Waals surface area contributed by atoms with Crippen LogP contribution < -0.4 is 14.4 Å². The number of furan rings is 1. The van der Waals surface area contributed by atoms with Crippen LogP contribution in [0.5, 0.6) is 11.5 Å². The molecule has 6 aliphatic rings. The van der Waals surface area contributed by atoms with Gasteiger partial charge in [0.1, 0.15) is 11.2 Å². The van der Waals surface area contributed by atoms with Gasteiger partial charge in [-0.25, -0.2) is 0 Å². The van der Waals surface area contributed by atoms with Crippen LogP contribution in [0.15, 0.2) is 215 Å². The first-order valence-electron chi connectivity index (χ1n) is 23.3. The highest BCUT2D eigenvalue weighted by Crippen LogP contribution is 2.64. The van der Waals surface area contributed by atoms with Crippen molar-refractivity contribution in [1.82, 2.24) is 0 Å². The highest BCUT2D eigenvalue weighted by Gasteiger charge is 2.52. The maximum absolute atomic E-state index is 7.22. The van der Waals surface area contributed by atoms with E-state index in [-0.39, 0.29) is 12.2 Å². The number of hydrogen-bond donors (Lipinski definition) is 0. The minimum absolute atomic E-state index is 0.231. The van der Waals surface area contributed by atoms with E-state index in [1.165, 1.54) is 91.1 Å². The molecule has 1 aromatic heterocycles. The minimum atomic E-state index is -0.439. The molecule has 0 N–H and O–H groups in total. The highest BCUT2D eigenvalue weighted by molar-refractivity contribution is 6.06. The van der Waals surface area contributed by atoms with Crippen molar-refractivity contribution < 1.29 is 13.9 Å². The smallest absolute Gasteiger partial charge is 0.165 e. The molecular formula is C61H45NO3. The van der Waals surface area contributed by atoms with Gasteiger partial charge >= 0.3 is 0 Å². The second-order valence-electron chi connectivity index (χ2n) is 18.3. The van der Waals surface area contributed by atoms with Crippen LogP contribution in [0.1, 0.15) is 60.8 Å². The third kappa shape index (κ3) is 5.37. The minimum Gasteiger partial charge on any atom is -0.478 e. The summed E-state index contributed by atoms with van der Waals surface area (Å²) in [4.78, 5) is 2.56. The van der Waals surface area contributed by atoms with Gasteiger partial charge in [0.05, 0.1) is 11.1 Å². The van der Waals surface area contributed by atoms with Crippen molar-refractivity contribution in [2.24, 2.45) is 0 Å². The van der Waals surface area contributed by atoms with E-state index < -0.39 is 5.41 Å². The van der Waals surface area contributed by atoms with Gasteiger partial charge in [0.2, 0.25) is 0 Å². The highest BCUT2D eigenvalue weighted by atomic mass is 16.6. The summed E-state index contributed by atoms with van der Waals surface area (Å²) in [5, 5.41) is 2.30. The summed E-state index contributed by atoms with van der Waals surface area (Å²) in [6.07, 6.45) is 19.6. The number of fused-ring (bicyclic) bond motifs is 15. The summed E-state index contributed by atoms with van der Waals surface area (Å²) >= 11 is 0. The summed E-state index contributed by atoms with van der Waals surface area (Å²) in [6, 6.07) is 55.3. The lowest BCUT2D eigenvalue weighted by atomic mass is 9.70. The zero-order valence-electron chi connectivity index (χ0n) is 36.0. The van der Waals surface area contributed by atoms with Crippen molar-refractivity contribution in [3.8, 4) is 44.9 Å². The van der Waals surface area contributed by atoms with Crippen molar-refractivity contribution >= 4 is 27.6 Å². The second kappa shape index (κ2) is 14.2. The van der Waals surface area contributed by atoms with Gasteiger partial charge < -0.3 is 18.8 Å². The standard InChI is InChI=1S/C61H45NO3/c1-2-15-40(16-3-1)62(54-26-12-7-17-42(54)39-31-34-48-47-21-8-13-27-55(47)63-57(48)35-39)41-32-29-38(30-33-41)43-22-14-28-56-60(43)65-59-37-53-49(36-58(59)64-56)46-20-6-11-25-52(46)61(53)50-23-9-4-18-44(50)45-19-5-10-24-51(45)61/h4-15,17-29,31-32,34-37,56,60H,1-3,16,30,33H2. The van der Waals surface area contributed by atoms with Crippen LogP contribution in [0.25, 0.3) is 55.3 Å². The molecule has 5 aliphatic carbocycles. The number of ether oxygens (including phenoxy) is 2. The molecule has 1 aliphatic heterocycles. The Kier molecular flexibility index (Phi) is 8.07. The van der Waals surface area contributed by atoms with Crippen LogP contribution in [-0.4, -0.2) is 12.2 Å². The molecule has 312 valence electrons. The predicted molar refractivity (Wildman–Crippen MR) is 262 cm³/mol. The topological polar surface area (TPSA) is 34.8 Å². The Balaban J connectivity index is 0.828. The van der Waals surface area contributed by atoms with Gasteiger partial charge in [-0.2, -0.15) is 0 Å². The maximum Gasteiger partial charge on any atom is 0.165 e. The molecule has 65 heavy (non-hydrogen) atoms. The number of hydrogen-bond acceptors (Lipinski definition) is 4. The summed E-state index contributed by atoms with van der Waals surface area (Å²) in [5.41, 5.74) is 20.4. The Bertz CT molecular complexity index is 3440. The zero-order valence-corrected chi connectivity index (χ0v) is 36.0. The van der Waals surface area contributed by atoms with Crippen LogP contribution >= 0.6 is 0 Å². The Morgan fingerprint density at radius 2 is 1.20 bits per heavy atom. The molecule has 1 spiro atoms. The molecule has 4 heteroatoms. The first kappa shape index (κ1) is 36.9. The molecule has 0 amide bonds. The fraction of sp³-hybridized carbons (Fsp3) is 0.148. The predicted octanol–water partition coefficient (Wildman–Crippen LogP) is 15.2. The fourth-order valence-electron chi connectivity index (χ4n) is 12.1. The van der Waals surface area contributed by atoms with E-state index in [0.717, 1.165) is 64.7 Å². The summed E-state index contributed by atoms with van der Waals surface area (Å²) in [5.74, 6) is 1.61. The van der Waals surface area contributed by atoms with Gasteiger partial charge in [0.15, 0.2) is 23.7 Å². The lowest BCUT2D eigenvalue weighted by molar-refractivity contribution is 0.0694. The molecule has 0 saturated heterocycles. The first-order valence-corrected chi connectivity index (χ1v) is 23.3.